The molecule has 5 heteroatoms. The van der Waals surface area contributed by atoms with E-state index in [2.05, 4.69) is 58.2 Å². The molecule has 0 aliphatic carbocycles. The third-order valence-electron chi connectivity index (χ3n) is 5.51. The molecule has 2 aromatic rings. The molecule has 0 radical (unpaired) electrons. The largest absolute Gasteiger partial charge is 0.361 e. The monoisotopic (exact) mass is 326 g/mol. The van der Waals surface area contributed by atoms with Gasteiger partial charge in [-0.1, -0.05) is 35.5 Å². The molecule has 1 aromatic heterocycles. The van der Waals surface area contributed by atoms with Crippen molar-refractivity contribution in [2.45, 2.75) is 38.8 Å². The number of likely N-dealkylation sites (tertiary alicyclic amines) is 1. The average Bonchev–Trinajstić information content (AvgIpc) is 3.31. The van der Waals surface area contributed by atoms with Gasteiger partial charge in [0.25, 0.3) is 0 Å². The molecule has 2 N–H and O–H groups in total. The van der Waals surface area contributed by atoms with Gasteiger partial charge in [0.15, 0.2) is 0 Å². The van der Waals surface area contributed by atoms with Crippen molar-refractivity contribution < 1.29 is 4.52 Å². The minimum absolute atomic E-state index is 0.372. The Hall–Kier alpha value is -1.69. The predicted molar refractivity (Wildman–Crippen MR) is 93.3 cm³/mol. The Morgan fingerprint density at radius 3 is 2.83 bits per heavy atom. The number of rotatable bonds is 4. The van der Waals surface area contributed by atoms with Crippen LogP contribution < -0.4 is 10.9 Å². The van der Waals surface area contributed by atoms with E-state index in [1.165, 1.54) is 24.0 Å². The lowest BCUT2D eigenvalue weighted by atomic mass is 9.93. The van der Waals surface area contributed by atoms with E-state index in [4.69, 9.17) is 4.52 Å². The summed E-state index contributed by atoms with van der Waals surface area (Å²) in [7, 11) is 0. The SMILES string of the molecule is Cc1noc(C)c1C1CCCN1CC1CNNC1c1ccccc1. The minimum Gasteiger partial charge on any atom is -0.361 e. The van der Waals surface area contributed by atoms with E-state index in [0.29, 0.717) is 18.0 Å². The van der Waals surface area contributed by atoms with E-state index in [1.54, 1.807) is 0 Å². The highest BCUT2D eigenvalue weighted by Crippen LogP contribution is 2.37. The van der Waals surface area contributed by atoms with Crippen LogP contribution in [0.15, 0.2) is 34.9 Å². The summed E-state index contributed by atoms with van der Waals surface area (Å²) in [5, 5.41) is 4.16. The van der Waals surface area contributed by atoms with Gasteiger partial charge in [0.1, 0.15) is 5.76 Å². The fourth-order valence-corrected chi connectivity index (χ4v) is 4.36. The third kappa shape index (κ3) is 2.88. The Labute approximate surface area is 143 Å². The maximum atomic E-state index is 5.42. The summed E-state index contributed by atoms with van der Waals surface area (Å²) in [4.78, 5) is 2.63. The molecule has 2 fully saturated rings. The van der Waals surface area contributed by atoms with E-state index >= 15 is 0 Å². The Balaban J connectivity index is 1.52. The molecule has 0 amide bonds. The zero-order valence-corrected chi connectivity index (χ0v) is 14.5. The van der Waals surface area contributed by atoms with Gasteiger partial charge in [0.2, 0.25) is 0 Å². The molecule has 0 spiro atoms. The lowest BCUT2D eigenvalue weighted by Crippen LogP contribution is -2.33. The topological polar surface area (TPSA) is 53.3 Å². The summed E-state index contributed by atoms with van der Waals surface area (Å²) in [6.07, 6.45) is 2.45. The average molecular weight is 326 g/mol. The molecule has 1 aromatic carbocycles. The molecule has 0 saturated carbocycles. The second kappa shape index (κ2) is 6.67. The van der Waals surface area contributed by atoms with Crippen molar-refractivity contribution in [3.8, 4) is 0 Å². The lowest BCUT2D eigenvalue weighted by Gasteiger charge is -2.29. The van der Waals surface area contributed by atoms with E-state index in [0.717, 1.165) is 31.1 Å². The quantitative estimate of drug-likeness (QED) is 0.905. The molecule has 5 nitrogen and oxygen atoms in total. The van der Waals surface area contributed by atoms with Gasteiger partial charge in [-0.15, -0.1) is 0 Å². The fraction of sp³-hybridized carbons (Fsp3) is 0.526. The van der Waals surface area contributed by atoms with Crippen molar-refractivity contribution in [3.05, 3.63) is 52.9 Å². The van der Waals surface area contributed by atoms with Gasteiger partial charge in [-0.3, -0.25) is 10.3 Å². The zero-order valence-electron chi connectivity index (χ0n) is 14.5. The first-order valence-corrected chi connectivity index (χ1v) is 8.94. The summed E-state index contributed by atoms with van der Waals surface area (Å²) >= 11 is 0. The highest BCUT2D eigenvalue weighted by molar-refractivity contribution is 5.26. The van der Waals surface area contributed by atoms with E-state index < -0.39 is 0 Å². The van der Waals surface area contributed by atoms with Gasteiger partial charge < -0.3 is 4.52 Å². The molecule has 0 bridgehead atoms. The van der Waals surface area contributed by atoms with Crippen LogP contribution in [0.1, 0.15) is 47.5 Å². The van der Waals surface area contributed by atoms with Crippen LogP contribution in [0.25, 0.3) is 0 Å². The summed E-state index contributed by atoms with van der Waals surface area (Å²) < 4.78 is 5.42. The standard InChI is InChI=1S/C19H26N4O/c1-13-18(14(2)24-22-13)17-9-6-10-23(17)12-16-11-20-21-19(16)15-7-4-3-5-8-15/h3-5,7-8,16-17,19-21H,6,9-12H2,1-2H3. The number of nitrogens with zero attached hydrogens (tertiary/aromatic N) is 2. The first-order chi connectivity index (χ1) is 11.7. The van der Waals surface area contributed by atoms with E-state index in [9.17, 15) is 0 Å². The number of aryl methyl sites for hydroxylation is 2. The Morgan fingerprint density at radius 2 is 2.08 bits per heavy atom. The molecule has 24 heavy (non-hydrogen) atoms. The first kappa shape index (κ1) is 15.8. The maximum absolute atomic E-state index is 5.42. The molecule has 3 atom stereocenters. The summed E-state index contributed by atoms with van der Waals surface area (Å²) in [5.74, 6) is 1.54. The second-order valence-electron chi connectivity index (χ2n) is 7.06. The highest BCUT2D eigenvalue weighted by atomic mass is 16.5. The summed E-state index contributed by atoms with van der Waals surface area (Å²) in [6.45, 7) is 7.36. The molecule has 3 heterocycles. The molecule has 128 valence electrons. The second-order valence-corrected chi connectivity index (χ2v) is 7.06. The number of hydrazine groups is 1. The van der Waals surface area contributed by atoms with Crippen LogP contribution in [0.4, 0.5) is 0 Å². The number of aromatic nitrogens is 1. The molecular weight excluding hydrogens is 300 g/mol. The van der Waals surface area contributed by atoms with Gasteiger partial charge in [0, 0.05) is 30.6 Å². The van der Waals surface area contributed by atoms with Crippen LogP contribution in [0, 0.1) is 19.8 Å². The summed E-state index contributed by atoms with van der Waals surface area (Å²) in [6, 6.07) is 11.6. The maximum Gasteiger partial charge on any atom is 0.138 e. The first-order valence-electron chi connectivity index (χ1n) is 8.94. The molecule has 2 saturated heterocycles. The molecule has 4 rings (SSSR count). The van der Waals surface area contributed by atoms with Crippen LogP contribution in [0.3, 0.4) is 0 Å². The molecule has 3 unspecified atom stereocenters. The van der Waals surface area contributed by atoms with Gasteiger partial charge in [-0.2, -0.15) is 0 Å². The van der Waals surface area contributed by atoms with Crippen molar-refractivity contribution in [2.24, 2.45) is 5.92 Å². The Bertz CT molecular complexity index is 664. The van der Waals surface area contributed by atoms with Crippen LogP contribution in [-0.2, 0) is 0 Å². The van der Waals surface area contributed by atoms with Crippen molar-refractivity contribution in [3.63, 3.8) is 0 Å². The van der Waals surface area contributed by atoms with Gasteiger partial charge in [-0.05, 0) is 38.8 Å². The normalized spacial score (nSPS) is 27.8. The molecular formula is C19H26N4O. The van der Waals surface area contributed by atoms with Gasteiger partial charge in [-0.25, -0.2) is 5.43 Å². The van der Waals surface area contributed by atoms with Crippen molar-refractivity contribution in [2.75, 3.05) is 19.6 Å². The van der Waals surface area contributed by atoms with Crippen LogP contribution in [-0.4, -0.2) is 29.7 Å². The van der Waals surface area contributed by atoms with Gasteiger partial charge in [0.05, 0.1) is 11.7 Å². The van der Waals surface area contributed by atoms with E-state index in [1.807, 2.05) is 6.92 Å². The number of hydrogen-bond donors (Lipinski definition) is 2. The molecule has 2 aliphatic rings. The van der Waals surface area contributed by atoms with Crippen molar-refractivity contribution in [1.29, 1.82) is 0 Å². The predicted octanol–water partition coefficient (Wildman–Crippen LogP) is 2.89. The van der Waals surface area contributed by atoms with Crippen LogP contribution in [0.5, 0.6) is 0 Å². The van der Waals surface area contributed by atoms with Gasteiger partial charge >= 0.3 is 0 Å². The smallest absolute Gasteiger partial charge is 0.138 e. The highest BCUT2D eigenvalue weighted by Gasteiger charge is 2.35. The minimum atomic E-state index is 0.372. The molecule has 2 aliphatic heterocycles. The number of nitrogens with one attached hydrogen (secondary N) is 2. The van der Waals surface area contributed by atoms with Crippen LogP contribution in [0.2, 0.25) is 0 Å². The summed E-state index contributed by atoms with van der Waals surface area (Å²) in [5.41, 5.74) is 10.5. The number of benzene rings is 1. The van der Waals surface area contributed by atoms with E-state index in [-0.39, 0.29) is 0 Å². The Morgan fingerprint density at radius 1 is 1.25 bits per heavy atom. The zero-order chi connectivity index (χ0) is 16.5. The fourth-order valence-electron chi connectivity index (χ4n) is 4.36. The van der Waals surface area contributed by atoms with Crippen molar-refractivity contribution in [1.82, 2.24) is 20.9 Å². The number of hydrogen-bond acceptors (Lipinski definition) is 5. The third-order valence-corrected chi connectivity index (χ3v) is 5.51. The van der Waals surface area contributed by atoms with Crippen molar-refractivity contribution >= 4 is 0 Å². The van der Waals surface area contributed by atoms with Crippen LogP contribution >= 0.6 is 0 Å². The Kier molecular flexibility index (Phi) is 4.39. The lowest BCUT2D eigenvalue weighted by molar-refractivity contribution is 0.209.